The number of amides is 1. The van der Waals surface area contributed by atoms with Crippen molar-refractivity contribution in [3.05, 3.63) is 29.8 Å². The molecule has 0 spiro atoms. The standard InChI is InChI=1S/C16H24N2O2/c1-20-14-10-8-12(9-11-14)15(16(17)19)18-13-6-4-2-3-5-7-13/h8-11,13,15,18H,2-7H2,1H3,(H2,17,19). The Morgan fingerprint density at radius 1 is 1.20 bits per heavy atom. The van der Waals surface area contributed by atoms with Crippen LogP contribution in [-0.2, 0) is 4.79 Å². The van der Waals surface area contributed by atoms with E-state index in [0.29, 0.717) is 6.04 Å². The van der Waals surface area contributed by atoms with E-state index < -0.39 is 6.04 Å². The molecular formula is C16H24N2O2. The predicted molar refractivity (Wildman–Crippen MR) is 79.6 cm³/mol. The van der Waals surface area contributed by atoms with E-state index in [4.69, 9.17) is 10.5 Å². The van der Waals surface area contributed by atoms with Gasteiger partial charge in [0, 0.05) is 6.04 Å². The summed E-state index contributed by atoms with van der Waals surface area (Å²) < 4.78 is 5.14. The SMILES string of the molecule is COc1ccc(C(NC2CCCCCC2)C(N)=O)cc1. The third kappa shape index (κ3) is 3.97. The Bertz CT molecular complexity index is 423. The van der Waals surface area contributed by atoms with Crippen LogP contribution in [0.1, 0.15) is 50.1 Å². The Kier molecular flexibility index (Phi) is 5.41. The second kappa shape index (κ2) is 7.29. The van der Waals surface area contributed by atoms with Gasteiger partial charge in [0.25, 0.3) is 0 Å². The highest BCUT2D eigenvalue weighted by Crippen LogP contribution is 2.22. The Morgan fingerprint density at radius 3 is 2.30 bits per heavy atom. The second-order valence-corrected chi connectivity index (χ2v) is 5.46. The van der Waals surface area contributed by atoms with Crippen LogP contribution in [0.2, 0.25) is 0 Å². The summed E-state index contributed by atoms with van der Waals surface area (Å²) in [6.07, 6.45) is 7.29. The second-order valence-electron chi connectivity index (χ2n) is 5.46. The van der Waals surface area contributed by atoms with E-state index in [1.54, 1.807) is 7.11 Å². The van der Waals surface area contributed by atoms with Crippen LogP contribution in [-0.4, -0.2) is 19.1 Å². The van der Waals surface area contributed by atoms with Gasteiger partial charge in [0.2, 0.25) is 5.91 Å². The zero-order chi connectivity index (χ0) is 14.4. The average Bonchev–Trinajstić information content (AvgIpc) is 2.73. The molecule has 3 N–H and O–H groups in total. The lowest BCUT2D eigenvalue weighted by Gasteiger charge is -2.23. The maximum atomic E-state index is 11.7. The summed E-state index contributed by atoms with van der Waals surface area (Å²) in [5, 5.41) is 3.43. The fourth-order valence-electron chi connectivity index (χ4n) is 2.82. The van der Waals surface area contributed by atoms with Crippen molar-refractivity contribution in [2.24, 2.45) is 5.73 Å². The van der Waals surface area contributed by atoms with Gasteiger partial charge in [-0.25, -0.2) is 0 Å². The average molecular weight is 276 g/mol. The molecule has 1 aromatic rings. The Morgan fingerprint density at radius 2 is 1.80 bits per heavy atom. The Hall–Kier alpha value is -1.55. The van der Waals surface area contributed by atoms with Gasteiger partial charge in [-0.05, 0) is 30.5 Å². The topological polar surface area (TPSA) is 64.3 Å². The monoisotopic (exact) mass is 276 g/mol. The van der Waals surface area contributed by atoms with Gasteiger partial charge < -0.3 is 10.5 Å². The molecule has 0 bridgehead atoms. The van der Waals surface area contributed by atoms with Gasteiger partial charge >= 0.3 is 0 Å². The van der Waals surface area contributed by atoms with Crippen LogP contribution in [0, 0.1) is 0 Å². The number of carbonyl (C=O) groups excluding carboxylic acids is 1. The van der Waals surface area contributed by atoms with E-state index in [9.17, 15) is 4.79 Å². The summed E-state index contributed by atoms with van der Waals surface area (Å²) in [6, 6.07) is 7.50. The van der Waals surface area contributed by atoms with Gasteiger partial charge in [0.15, 0.2) is 0 Å². The molecular weight excluding hydrogens is 252 g/mol. The number of methoxy groups -OCH3 is 1. The molecule has 1 unspecified atom stereocenters. The van der Waals surface area contributed by atoms with Crippen molar-refractivity contribution in [3.8, 4) is 5.75 Å². The Balaban J connectivity index is 2.07. The number of carbonyl (C=O) groups is 1. The first-order valence-electron chi connectivity index (χ1n) is 7.40. The molecule has 0 saturated heterocycles. The molecule has 1 fully saturated rings. The van der Waals surface area contributed by atoms with Crippen LogP contribution in [0.4, 0.5) is 0 Å². The molecule has 0 aromatic heterocycles. The van der Waals surface area contributed by atoms with E-state index in [1.165, 1.54) is 25.7 Å². The molecule has 0 aliphatic heterocycles. The van der Waals surface area contributed by atoms with Crippen molar-refractivity contribution in [1.82, 2.24) is 5.32 Å². The lowest BCUT2D eigenvalue weighted by Crippen LogP contribution is -2.39. The zero-order valence-electron chi connectivity index (χ0n) is 12.1. The van der Waals surface area contributed by atoms with E-state index in [0.717, 1.165) is 24.2 Å². The normalized spacial score (nSPS) is 18.2. The third-order valence-corrected chi connectivity index (χ3v) is 3.99. The summed E-state index contributed by atoms with van der Waals surface area (Å²) >= 11 is 0. The number of primary amides is 1. The van der Waals surface area contributed by atoms with Crippen LogP contribution in [0.15, 0.2) is 24.3 Å². The van der Waals surface area contributed by atoms with Crippen LogP contribution >= 0.6 is 0 Å². The minimum absolute atomic E-state index is 0.320. The lowest BCUT2D eigenvalue weighted by atomic mass is 10.0. The molecule has 0 heterocycles. The maximum Gasteiger partial charge on any atom is 0.239 e. The van der Waals surface area contributed by atoms with Gasteiger partial charge in [-0.2, -0.15) is 0 Å². The molecule has 110 valence electrons. The predicted octanol–water partition coefficient (Wildman–Crippen LogP) is 2.53. The van der Waals surface area contributed by atoms with Gasteiger partial charge in [-0.15, -0.1) is 0 Å². The first-order chi connectivity index (χ1) is 9.70. The smallest absolute Gasteiger partial charge is 0.239 e. The maximum absolute atomic E-state index is 11.7. The minimum Gasteiger partial charge on any atom is -0.497 e. The molecule has 1 aliphatic carbocycles. The van der Waals surface area contributed by atoms with Crippen molar-refractivity contribution < 1.29 is 9.53 Å². The molecule has 4 heteroatoms. The fourth-order valence-corrected chi connectivity index (χ4v) is 2.82. The number of ether oxygens (including phenoxy) is 1. The van der Waals surface area contributed by atoms with Crippen molar-refractivity contribution in [2.75, 3.05) is 7.11 Å². The van der Waals surface area contributed by atoms with Crippen LogP contribution in [0.3, 0.4) is 0 Å². The van der Waals surface area contributed by atoms with Crippen molar-refractivity contribution in [1.29, 1.82) is 0 Å². The van der Waals surface area contributed by atoms with Crippen LogP contribution < -0.4 is 15.8 Å². The molecule has 1 saturated carbocycles. The van der Waals surface area contributed by atoms with Gasteiger partial charge in [-0.3, -0.25) is 10.1 Å². The molecule has 0 radical (unpaired) electrons. The molecule has 1 amide bonds. The van der Waals surface area contributed by atoms with E-state index in [2.05, 4.69) is 5.32 Å². The first-order valence-corrected chi connectivity index (χ1v) is 7.40. The highest BCUT2D eigenvalue weighted by molar-refractivity contribution is 5.81. The van der Waals surface area contributed by atoms with Crippen LogP contribution in [0.5, 0.6) is 5.75 Å². The van der Waals surface area contributed by atoms with E-state index >= 15 is 0 Å². The Labute approximate surface area is 120 Å². The molecule has 4 nitrogen and oxygen atoms in total. The summed E-state index contributed by atoms with van der Waals surface area (Å²) in [4.78, 5) is 11.7. The van der Waals surface area contributed by atoms with E-state index in [-0.39, 0.29) is 5.91 Å². The summed E-state index contributed by atoms with van der Waals surface area (Å²) in [5.41, 5.74) is 6.47. The molecule has 1 aromatic carbocycles. The van der Waals surface area contributed by atoms with Gasteiger partial charge in [0.1, 0.15) is 11.8 Å². The van der Waals surface area contributed by atoms with Gasteiger partial charge in [0.05, 0.1) is 7.11 Å². The zero-order valence-corrected chi connectivity index (χ0v) is 12.1. The summed E-state index contributed by atoms with van der Waals surface area (Å²) in [6.45, 7) is 0. The highest BCUT2D eigenvalue weighted by Gasteiger charge is 2.22. The largest absolute Gasteiger partial charge is 0.497 e. The van der Waals surface area contributed by atoms with Crippen molar-refractivity contribution in [3.63, 3.8) is 0 Å². The fraction of sp³-hybridized carbons (Fsp3) is 0.562. The quantitative estimate of drug-likeness (QED) is 0.812. The number of hydrogen-bond donors (Lipinski definition) is 2. The number of benzene rings is 1. The molecule has 2 rings (SSSR count). The number of hydrogen-bond acceptors (Lipinski definition) is 3. The van der Waals surface area contributed by atoms with Crippen molar-refractivity contribution >= 4 is 5.91 Å². The molecule has 1 atom stereocenters. The summed E-state index contributed by atoms with van der Waals surface area (Å²) in [5.74, 6) is 0.464. The first kappa shape index (κ1) is 14.9. The highest BCUT2D eigenvalue weighted by atomic mass is 16.5. The number of nitrogens with one attached hydrogen (secondary N) is 1. The van der Waals surface area contributed by atoms with E-state index in [1.807, 2.05) is 24.3 Å². The minimum atomic E-state index is -0.413. The third-order valence-electron chi connectivity index (χ3n) is 3.99. The molecule has 1 aliphatic rings. The van der Waals surface area contributed by atoms with Crippen LogP contribution in [0.25, 0.3) is 0 Å². The molecule has 20 heavy (non-hydrogen) atoms. The summed E-state index contributed by atoms with van der Waals surface area (Å²) in [7, 11) is 1.63. The van der Waals surface area contributed by atoms with Gasteiger partial charge in [-0.1, -0.05) is 37.8 Å². The number of rotatable bonds is 5. The van der Waals surface area contributed by atoms with Crippen molar-refractivity contribution in [2.45, 2.75) is 50.6 Å². The number of nitrogens with two attached hydrogens (primary N) is 1. The lowest BCUT2D eigenvalue weighted by molar-refractivity contribution is -0.120.